The summed E-state index contributed by atoms with van der Waals surface area (Å²) in [7, 11) is -2.73. The molecule has 0 saturated heterocycles. The number of hydrogen-bond acceptors (Lipinski definition) is 4. The van der Waals surface area contributed by atoms with Gasteiger partial charge in [0.05, 0.1) is 18.5 Å². The lowest BCUT2D eigenvalue weighted by atomic mass is 10.1. The molecular formula is C18H16F3N3O3S. The molecule has 0 fully saturated rings. The second kappa shape index (κ2) is 6.95. The Hall–Kier alpha value is -2.85. The van der Waals surface area contributed by atoms with Gasteiger partial charge in [-0.05, 0) is 43.3 Å². The number of methoxy groups -OCH3 is 1. The Bertz CT molecular complexity index is 1120. The Kier molecular flexibility index (Phi) is 4.94. The Morgan fingerprint density at radius 3 is 2.21 bits per heavy atom. The van der Waals surface area contributed by atoms with Crippen molar-refractivity contribution < 1.29 is 26.3 Å². The molecule has 3 aromatic rings. The van der Waals surface area contributed by atoms with E-state index in [2.05, 4.69) is 5.10 Å². The van der Waals surface area contributed by atoms with E-state index >= 15 is 0 Å². The lowest BCUT2D eigenvalue weighted by Gasteiger charge is -2.12. The highest BCUT2D eigenvalue weighted by Gasteiger charge is 2.38. The molecule has 0 saturated carbocycles. The van der Waals surface area contributed by atoms with Crippen molar-refractivity contribution in [3.63, 3.8) is 0 Å². The maximum Gasteiger partial charge on any atom is 0.435 e. The first-order chi connectivity index (χ1) is 13.0. The van der Waals surface area contributed by atoms with E-state index in [1.54, 1.807) is 24.3 Å². The summed E-state index contributed by atoms with van der Waals surface area (Å²) in [5, 5.41) is 8.93. The SMILES string of the molecule is COc1ccc(-c2c(C)c(C(F)(F)F)nn2-c2ccccc2S(N)(=O)=O)cc1. The molecule has 1 aromatic heterocycles. The third-order valence-corrected chi connectivity index (χ3v) is 5.11. The number of benzene rings is 2. The smallest absolute Gasteiger partial charge is 0.435 e. The van der Waals surface area contributed by atoms with Gasteiger partial charge in [-0.25, -0.2) is 18.2 Å². The fourth-order valence-corrected chi connectivity index (χ4v) is 3.61. The zero-order valence-electron chi connectivity index (χ0n) is 14.9. The summed E-state index contributed by atoms with van der Waals surface area (Å²) < 4.78 is 70.4. The number of nitrogens with zero attached hydrogens (tertiary/aromatic N) is 2. The molecule has 0 bridgehead atoms. The maximum atomic E-state index is 13.5. The minimum atomic E-state index is -4.72. The standard InChI is InChI=1S/C18H16F3N3O3S/c1-11-16(12-7-9-13(27-2)10-8-12)24(23-17(11)18(19,20)21)14-5-3-4-6-15(14)28(22,25)26/h3-10H,1-2H3,(H2,22,25,26). The third kappa shape index (κ3) is 3.60. The van der Waals surface area contributed by atoms with Crippen LogP contribution in [-0.4, -0.2) is 25.3 Å². The molecule has 148 valence electrons. The van der Waals surface area contributed by atoms with Crippen LogP contribution in [0.25, 0.3) is 16.9 Å². The number of halogens is 3. The monoisotopic (exact) mass is 411 g/mol. The highest BCUT2D eigenvalue weighted by molar-refractivity contribution is 7.89. The van der Waals surface area contributed by atoms with Crippen LogP contribution in [0.2, 0.25) is 0 Å². The van der Waals surface area contributed by atoms with Crippen LogP contribution in [-0.2, 0) is 16.2 Å². The van der Waals surface area contributed by atoms with Gasteiger partial charge in [-0.15, -0.1) is 0 Å². The van der Waals surface area contributed by atoms with Crippen LogP contribution in [0.3, 0.4) is 0 Å². The predicted octanol–water partition coefficient (Wildman–Crippen LogP) is 3.52. The number of rotatable bonds is 4. The van der Waals surface area contributed by atoms with Crippen LogP contribution < -0.4 is 9.88 Å². The lowest BCUT2D eigenvalue weighted by molar-refractivity contribution is -0.141. The van der Waals surface area contributed by atoms with Crippen LogP contribution in [0.15, 0.2) is 53.4 Å². The van der Waals surface area contributed by atoms with Crippen LogP contribution in [0.5, 0.6) is 5.75 Å². The van der Waals surface area contributed by atoms with Crippen molar-refractivity contribution in [1.82, 2.24) is 9.78 Å². The Balaban J connectivity index is 2.36. The fourth-order valence-electron chi connectivity index (χ4n) is 2.90. The van der Waals surface area contributed by atoms with E-state index in [0.717, 1.165) is 4.68 Å². The molecule has 2 aromatic carbocycles. The summed E-state index contributed by atoms with van der Waals surface area (Å²) >= 11 is 0. The molecule has 0 spiro atoms. The van der Waals surface area contributed by atoms with Gasteiger partial charge in [-0.2, -0.15) is 18.3 Å². The van der Waals surface area contributed by atoms with Crippen molar-refractivity contribution in [3.8, 4) is 22.7 Å². The summed E-state index contributed by atoms with van der Waals surface area (Å²) in [4.78, 5) is -0.332. The average molecular weight is 411 g/mol. The quantitative estimate of drug-likeness (QED) is 0.712. The van der Waals surface area contributed by atoms with Gasteiger partial charge >= 0.3 is 6.18 Å². The number of primary sulfonamides is 1. The molecule has 0 radical (unpaired) electrons. The van der Waals surface area contributed by atoms with Gasteiger partial charge in [0.15, 0.2) is 5.69 Å². The van der Waals surface area contributed by atoms with Crippen LogP contribution in [0, 0.1) is 6.92 Å². The molecule has 6 nitrogen and oxygen atoms in total. The van der Waals surface area contributed by atoms with Crippen molar-refractivity contribution in [3.05, 3.63) is 59.8 Å². The summed E-state index contributed by atoms with van der Waals surface area (Å²) in [5.41, 5.74) is -0.810. The van der Waals surface area contributed by atoms with Crippen molar-refractivity contribution in [2.75, 3.05) is 7.11 Å². The van der Waals surface area contributed by atoms with Gasteiger partial charge in [0, 0.05) is 11.1 Å². The number of ether oxygens (including phenoxy) is 1. The van der Waals surface area contributed by atoms with Crippen LogP contribution >= 0.6 is 0 Å². The number of aromatic nitrogens is 2. The first-order valence-corrected chi connectivity index (χ1v) is 9.52. The second-order valence-electron chi connectivity index (χ2n) is 5.97. The average Bonchev–Trinajstić information content (AvgIpc) is 2.98. The van der Waals surface area contributed by atoms with Crippen molar-refractivity contribution >= 4 is 10.0 Å². The van der Waals surface area contributed by atoms with Crippen LogP contribution in [0.4, 0.5) is 13.2 Å². The second-order valence-corrected chi connectivity index (χ2v) is 7.50. The Labute approximate surface area is 159 Å². The van der Waals surface area contributed by atoms with E-state index in [1.165, 1.54) is 38.3 Å². The van der Waals surface area contributed by atoms with E-state index in [1.807, 2.05) is 0 Å². The minimum absolute atomic E-state index is 0.0746. The first kappa shape index (κ1) is 19.9. The number of nitrogens with two attached hydrogens (primary N) is 1. The highest BCUT2D eigenvalue weighted by atomic mass is 32.2. The molecule has 0 atom stereocenters. The van der Waals surface area contributed by atoms with Gasteiger partial charge in [-0.3, -0.25) is 0 Å². The molecule has 0 amide bonds. The summed E-state index contributed by atoms with van der Waals surface area (Å²) in [6.45, 7) is 1.28. The molecule has 0 aliphatic rings. The minimum Gasteiger partial charge on any atom is -0.497 e. The molecule has 3 rings (SSSR count). The fraction of sp³-hybridized carbons (Fsp3) is 0.167. The van der Waals surface area contributed by atoms with E-state index < -0.39 is 21.9 Å². The van der Waals surface area contributed by atoms with Gasteiger partial charge in [0.1, 0.15) is 10.6 Å². The largest absolute Gasteiger partial charge is 0.497 e. The van der Waals surface area contributed by atoms with E-state index in [4.69, 9.17) is 9.88 Å². The number of hydrogen-bond donors (Lipinski definition) is 1. The summed E-state index contributed by atoms with van der Waals surface area (Å²) in [6, 6.07) is 11.8. The number of para-hydroxylation sites is 1. The molecule has 28 heavy (non-hydrogen) atoms. The van der Waals surface area contributed by atoms with Crippen molar-refractivity contribution in [2.24, 2.45) is 5.14 Å². The molecule has 2 N–H and O–H groups in total. The number of sulfonamides is 1. The number of alkyl halides is 3. The van der Waals surface area contributed by atoms with Crippen molar-refractivity contribution in [1.29, 1.82) is 0 Å². The molecule has 10 heteroatoms. The summed E-state index contributed by atoms with van der Waals surface area (Å²) in [5.74, 6) is 0.522. The zero-order chi connectivity index (χ0) is 20.7. The Morgan fingerprint density at radius 2 is 1.68 bits per heavy atom. The predicted molar refractivity (Wildman–Crippen MR) is 96.7 cm³/mol. The van der Waals surface area contributed by atoms with Crippen LogP contribution in [0.1, 0.15) is 11.3 Å². The zero-order valence-corrected chi connectivity index (χ0v) is 15.7. The lowest BCUT2D eigenvalue weighted by Crippen LogP contribution is -2.16. The van der Waals surface area contributed by atoms with Crippen molar-refractivity contribution in [2.45, 2.75) is 18.0 Å². The normalized spacial score (nSPS) is 12.2. The van der Waals surface area contributed by atoms with E-state index in [9.17, 15) is 21.6 Å². The summed E-state index contributed by atoms with van der Waals surface area (Å²) in [6.07, 6.45) is -4.72. The molecule has 0 aliphatic carbocycles. The maximum absolute atomic E-state index is 13.5. The highest BCUT2D eigenvalue weighted by Crippen LogP contribution is 2.38. The molecule has 1 heterocycles. The van der Waals surface area contributed by atoms with E-state index in [-0.39, 0.29) is 21.8 Å². The first-order valence-electron chi connectivity index (χ1n) is 7.97. The Morgan fingerprint density at radius 1 is 1.07 bits per heavy atom. The van der Waals surface area contributed by atoms with Gasteiger partial charge in [0.2, 0.25) is 10.0 Å². The van der Waals surface area contributed by atoms with Gasteiger partial charge in [0.25, 0.3) is 0 Å². The van der Waals surface area contributed by atoms with Gasteiger partial charge < -0.3 is 4.74 Å². The molecule has 0 aliphatic heterocycles. The molecule has 0 unspecified atom stereocenters. The topological polar surface area (TPSA) is 87.2 Å². The molecular weight excluding hydrogens is 395 g/mol. The van der Waals surface area contributed by atoms with E-state index in [0.29, 0.717) is 11.3 Å². The van der Waals surface area contributed by atoms with Gasteiger partial charge in [-0.1, -0.05) is 12.1 Å². The third-order valence-electron chi connectivity index (χ3n) is 4.15.